The Balaban J connectivity index is 1.50. The van der Waals surface area contributed by atoms with Crippen LogP contribution in [-0.2, 0) is 7.05 Å². The smallest absolute Gasteiger partial charge is 0.272 e. The molecule has 0 unspecified atom stereocenters. The highest BCUT2D eigenvalue weighted by Gasteiger charge is 2.24. The minimum absolute atomic E-state index is 0.0562. The Morgan fingerprint density at radius 1 is 1.13 bits per heavy atom. The molecular weight excluding hydrogens is 310 g/mol. The molecule has 0 N–H and O–H groups in total. The van der Waals surface area contributed by atoms with E-state index in [1.807, 2.05) is 17.2 Å². The fourth-order valence-corrected chi connectivity index (χ4v) is 3.90. The number of carbonyl (C=O) groups excluding carboxylic acids is 1. The zero-order chi connectivity index (χ0) is 15.8. The molecular formula is C16H17N5OS. The summed E-state index contributed by atoms with van der Waals surface area (Å²) in [5.41, 5.74) is 2.90. The molecule has 6 nitrogen and oxygen atoms in total. The van der Waals surface area contributed by atoms with Crippen LogP contribution in [0.1, 0.15) is 10.5 Å². The first-order valence-electron chi connectivity index (χ1n) is 7.58. The quantitative estimate of drug-likeness (QED) is 0.722. The Morgan fingerprint density at radius 3 is 2.70 bits per heavy atom. The lowest BCUT2D eigenvalue weighted by atomic mass is 10.2. The first-order valence-corrected chi connectivity index (χ1v) is 8.46. The molecule has 1 fully saturated rings. The third-order valence-corrected chi connectivity index (χ3v) is 5.20. The number of pyridine rings is 1. The van der Waals surface area contributed by atoms with Crippen molar-refractivity contribution in [2.75, 3.05) is 31.1 Å². The summed E-state index contributed by atoms with van der Waals surface area (Å²) in [6.45, 7) is 3.11. The number of thiophene rings is 1. The van der Waals surface area contributed by atoms with Gasteiger partial charge in [-0.2, -0.15) is 5.10 Å². The average molecular weight is 327 g/mol. The summed E-state index contributed by atoms with van der Waals surface area (Å²) in [6.07, 6.45) is 3.52. The maximum atomic E-state index is 12.5. The number of hydrogen-bond acceptors (Lipinski definition) is 5. The summed E-state index contributed by atoms with van der Waals surface area (Å²) in [5, 5.41) is 6.15. The molecule has 0 saturated carbocycles. The molecule has 4 heterocycles. The molecule has 0 spiro atoms. The summed E-state index contributed by atoms with van der Waals surface area (Å²) >= 11 is 1.72. The molecule has 3 aromatic heterocycles. The summed E-state index contributed by atoms with van der Waals surface area (Å²) < 4.78 is 2.85. The highest BCUT2D eigenvalue weighted by Crippen LogP contribution is 2.30. The van der Waals surface area contributed by atoms with Crippen LogP contribution >= 0.6 is 11.3 Å². The van der Waals surface area contributed by atoms with Crippen molar-refractivity contribution >= 4 is 33.1 Å². The number of amides is 1. The van der Waals surface area contributed by atoms with Crippen molar-refractivity contribution in [2.45, 2.75) is 0 Å². The van der Waals surface area contributed by atoms with E-state index in [2.05, 4.69) is 26.4 Å². The molecule has 23 heavy (non-hydrogen) atoms. The number of carbonyl (C=O) groups is 1. The third kappa shape index (κ3) is 2.46. The van der Waals surface area contributed by atoms with E-state index in [1.54, 1.807) is 35.3 Å². The lowest BCUT2D eigenvalue weighted by molar-refractivity contribution is 0.0736. The van der Waals surface area contributed by atoms with E-state index < -0.39 is 0 Å². The van der Waals surface area contributed by atoms with Crippen LogP contribution in [0.3, 0.4) is 0 Å². The first kappa shape index (κ1) is 14.2. The van der Waals surface area contributed by atoms with E-state index in [9.17, 15) is 4.79 Å². The second-order valence-electron chi connectivity index (χ2n) is 5.58. The molecule has 0 atom stereocenters. The highest BCUT2D eigenvalue weighted by molar-refractivity contribution is 7.17. The van der Waals surface area contributed by atoms with Crippen molar-refractivity contribution in [3.8, 4) is 0 Å². The number of hydrogen-bond donors (Lipinski definition) is 0. The number of anilines is 1. The molecule has 3 aromatic rings. The van der Waals surface area contributed by atoms with E-state index >= 15 is 0 Å². The van der Waals surface area contributed by atoms with E-state index in [0.29, 0.717) is 5.69 Å². The molecule has 7 heteroatoms. The largest absolute Gasteiger partial charge is 0.367 e. The third-order valence-electron chi connectivity index (χ3n) is 4.27. The van der Waals surface area contributed by atoms with Crippen LogP contribution < -0.4 is 4.90 Å². The molecule has 4 rings (SSSR count). The molecule has 0 bridgehead atoms. The van der Waals surface area contributed by atoms with Gasteiger partial charge in [-0.25, -0.2) is 0 Å². The Hall–Kier alpha value is -2.41. The van der Waals surface area contributed by atoms with E-state index in [1.165, 1.54) is 10.4 Å². The number of rotatable bonds is 2. The fraction of sp³-hybridized carbons (Fsp3) is 0.312. The molecule has 0 aliphatic carbocycles. The van der Waals surface area contributed by atoms with Gasteiger partial charge in [0.25, 0.3) is 5.91 Å². The minimum atomic E-state index is 0.0562. The standard InChI is InChI=1S/C16H17N5OS/c1-19-14(3-6-18-19)16(22)21-9-7-20(8-10-21)13-2-5-17-12-4-11-23-15(12)13/h2-6,11H,7-10H2,1H3. The molecule has 118 valence electrons. The monoisotopic (exact) mass is 327 g/mol. The van der Waals surface area contributed by atoms with Gasteiger partial charge in [-0.05, 0) is 23.6 Å². The zero-order valence-electron chi connectivity index (χ0n) is 12.8. The Labute approximate surface area is 138 Å². The van der Waals surface area contributed by atoms with Crippen LogP contribution in [0.25, 0.3) is 10.2 Å². The molecule has 1 aliphatic heterocycles. The van der Waals surface area contributed by atoms with Gasteiger partial charge in [-0.1, -0.05) is 0 Å². The Kier molecular flexibility index (Phi) is 3.49. The minimum Gasteiger partial charge on any atom is -0.367 e. The average Bonchev–Trinajstić information content (AvgIpc) is 3.22. The topological polar surface area (TPSA) is 54.3 Å². The van der Waals surface area contributed by atoms with Gasteiger partial charge in [-0.15, -0.1) is 11.3 Å². The predicted octanol–water partition coefficient (Wildman–Crippen LogP) is 1.99. The van der Waals surface area contributed by atoms with Crippen LogP contribution in [0, 0.1) is 0 Å². The van der Waals surface area contributed by atoms with Crippen molar-refractivity contribution in [3.05, 3.63) is 41.7 Å². The Morgan fingerprint density at radius 2 is 1.96 bits per heavy atom. The summed E-state index contributed by atoms with van der Waals surface area (Å²) in [7, 11) is 1.80. The van der Waals surface area contributed by atoms with Gasteiger partial charge in [0.2, 0.25) is 0 Å². The number of fused-ring (bicyclic) bond motifs is 1. The van der Waals surface area contributed by atoms with E-state index in [-0.39, 0.29) is 5.91 Å². The van der Waals surface area contributed by atoms with Crippen molar-refractivity contribution in [1.82, 2.24) is 19.7 Å². The summed E-state index contributed by atoms with van der Waals surface area (Å²) in [6, 6.07) is 5.88. The highest BCUT2D eigenvalue weighted by atomic mass is 32.1. The molecule has 1 amide bonds. The van der Waals surface area contributed by atoms with E-state index in [4.69, 9.17) is 0 Å². The fourth-order valence-electron chi connectivity index (χ4n) is 3.00. The van der Waals surface area contributed by atoms with Gasteiger partial charge in [-0.3, -0.25) is 14.5 Å². The maximum absolute atomic E-state index is 12.5. The van der Waals surface area contributed by atoms with Gasteiger partial charge < -0.3 is 9.80 Å². The maximum Gasteiger partial charge on any atom is 0.272 e. The van der Waals surface area contributed by atoms with Gasteiger partial charge >= 0.3 is 0 Å². The van der Waals surface area contributed by atoms with Crippen molar-refractivity contribution in [2.24, 2.45) is 7.05 Å². The Bertz CT molecular complexity index is 847. The first-order chi connectivity index (χ1) is 11.2. The number of aryl methyl sites for hydroxylation is 1. The van der Waals surface area contributed by atoms with Crippen molar-refractivity contribution in [3.63, 3.8) is 0 Å². The number of nitrogens with zero attached hydrogens (tertiary/aromatic N) is 5. The number of aromatic nitrogens is 3. The van der Waals surface area contributed by atoms with Crippen molar-refractivity contribution < 1.29 is 4.79 Å². The van der Waals surface area contributed by atoms with Gasteiger partial charge in [0.05, 0.1) is 15.9 Å². The number of piperazine rings is 1. The van der Waals surface area contributed by atoms with Crippen LogP contribution in [0.15, 0.2) is 36.0 Å². The lowest BCUT2D eigenvalue weighted by Crippen LogP contribution is -2.49. The molecule has 0 radical (unpaired) electrons. The zero-order valence-corrected chi connectivity index (χ0v) is 13.7. The molecule has 0 aromatic carbocycles. The lowest BCUT2D eigenvalue weighted by Gasteiger charge is -2.36. The van der Waals surface area contributed by atoms with Crippen LogP contribution in [-0.4, -0.2) is 51.8 Å². The van der Waals surface area contributed by atoms with E-state index in [0.717, 1.165) is 31.7 Å². The summed E-state index contributed by atoms with van der Waals surface area (Å²) in [4.78, 5) is 21.2. The van der Waals surface area contributed by atoms with Gasteiger partial charge in [0.1, 0.15) is 5.69 Å². The SMILES string of the molecule is Cn1nccc1C(=O)N1CCN(c2ccnc3ccsc23)CC1. The molecule has 1 saturated heterocycles. The molecule has 1 aliphatic rings. The van der Waals surface area contributed by atoms with Crippen LogP contribution in [0.4, 0.5) is 5.69 Å². The second-order valence-corrected chi connectivity index (χ2v) is 6.50. The second kappa shape index (κ2) is 5.66. The van der Waals surface area contributed by atoms with Crippen molar-refractivity contribution in [1.29, 1.82) is 0 Å². The normalized spacial score (nSPS) is 15.3. The summed E-state index contributed by atoms with van der Waals surface area (Å²) in [5.74, 6) is 0.0562. The van der Waals surface area contributed by atoms with Crippen LogP contribution in [0.2, 0.25) is 0 Å². The van der Waals surface area contributed by atoms with Gasteiger partial charge in [0.15, 0.2) is 0 Å². The predicted molar refractivity (Wildman–Crippen MR) is 90.9 cm³/mol. The van der Waals surface area contributed by atoms with Crippen LogP contribution in [0.5, 0.6) is 0 Å². The van der Waals surface area contributed by atoms with Gasteiger partial charge in [0, 0.05) is 45.6 Å².